The predicted octanol–water partition coefficient (Wildman–Crippen LogP) is 6.21. The quantitative estimate of drug-likeness (QED) is 0.338. The molecule has 3 aromatic rings. The monoisotopic (exact) mass is 504 g/mol. The second-order valence-corrected chi connectivity index (χ2v) is 9.80. The minimum absolute atomic E-state index is 0.0243. The number of carbonyl (C=O) groups excluding carboxylic acids is 1. The molecule has 7 heteroatoms. The van der Waals surface area contributed by atoms with E-state index < -0.39 is 5.91 Å². The van der Waals surface area contributed by atoms with E-state index in [1.807, 2.05) is 38.1 Å². The summed E-state index contributed by atoms with van der Waals surface area (Å²) in [6, 6.07) is 13.6. The molecular weight excluding hydrogens is 484 g/mol. The van der Waals surface area contributed by atoms with Gasteiger partial charge in [-0.2, -0.15) is 10.5 Å². The third-order valence-corrected chi connectivity index (χ3v) is 7.46. The number of thiophene rings is 1. The highest BCUT2D eigenvalue weighted by Crippen LogP contribution is 2.38. The van der Waals surface area contributed by atoms with E-state index >= 15 is 0 Å². The number of aryl methyl sites for hydroxylation is 2. The molecule has 1 amide bonds. The van der Waals surface area contributed by atoms with Gasteiger partial charge >= 0.3 is 0 Å². The summed E-state index contributed by atoms with van der Waals surface area (Å²) >= 11 is 5.07. The lowest BCUT2D eigenvalue weighted by molar-refractivity contribution is -0.112. The maximum absolute atomic E-state index is 12.7. The fourth-order valence-electron chi connectivity index (χ4n) is 4.14. The molecule has 2 heterocycles. The van der Waals surface area contributed by atoms with Gasteiger partial charge in [0.2, 0.25) is 0 Å². The van der Waals surface area contributed by atoms with E-state index in [4.69, 9.17) is 0 Å². The van der Waals surface area contributed by atoms with Gasteiger partial charge in [0, 0.05) is 26.4 Å². The Bertz CT molecular complexity index is 1330. The number of anilines is 1. The van der Waals surface area contributed by atoms with Crippen LogP contribution in [0.2, 0.25) is 0 Å². The number of carbonyl (C=O) groups is 1. The minimum Gasteiger partial charge on any atom is -0.321 e. The number of hydrogen-bond donors (Lipinski definition) is 1. The molecule has 0 fully saturated rings. The number of nitriles is 2. The normalized spacial score (nSPS) is 13.2. The smallest absolute Gasteiger partial charge is 0.266 e. The molecule has 0 bridgehead atoms. The van der Waals surface area contributed by atoms with Gasteiger partial charge in [-0.3, -0.25) is 4.79 Å². The molecule has 1 aliphatic carbocycles. The Hall–Kier alpha value is -3.13. The molecule has 1 N–H and O–H groups in total. The van der Waals surface area contributed by atoms with Crippen LogP contribution in [0.1, 0.15) is 45.8 Å². The number of halogens is 1. The van der Waals surface area contributed by atoms with Crippen molar-refractivity contribution in [3.05, 3.63) is 73.3 Å². The van der Waals surface area contributed by atoms with Crippen LogP contribution in [0.5, 0.6) is 0 Å². The Labute approximate surface area is 199 Å². The maximum Gasteiger partial charge on any atom is 0.266 e. The molecule has 5 nitrogen and oxygen atoms in total. The minimum atomic E-state index is -0.459. The first kappa shape index (κ1) is 22.1. The first-order valence-electron chi connectivity index (χ1n) is 10.4. The van der Waals surface area contributed by atoms with Crippen LogP contribution in [0.25, 0.3) is 11.1 Å². The summed E-state index contributed by atoms with van der Waals surface area (Å²) in [5.41, 5.74) is 5.24. The molecule has 0 aliphatic heterocycles. The van der Waals surface area contributed by atoms with E-state index in [9.17, 15) is 15.3 Å². The van der Waals surface area contributed by atoms with Crippen molar-refractivity contribution in [1.29, 1.82) is 10.5 Å². The highest BCUT2D eigenvalue weighted by Gasteiger charge is 2.24. The lowest BCUT2D eigenvalue weighted by Gasteiger charge is -2.10. The average molecular weight is 505 g/mol. The number of benzene rings is 1. The standard InChI is InChI=1S/C25H21BrN4OS/c1-15-10-17(11-18(13-27)24(31)29-20-7-5-6-19(26)12-20)16(2)30(15)25-22(14-28)21-8-3-4-9-23(21)32-25/h5-7,10-12H,3-4,8-9H2,1-2H3,(H,29,31)/b18-11-. The molecule has 0 unspecified atom stereocenters. The SMILES string of the molecule is Cc1cc(/C=C(/C#N)C(=O)Nc2cccc(Br)c2)c(C)n1-c1sc2c(c1C#N)CCCC2. The van der Waals surface area contributed by atoms with Gasteiger partial charge in [-0.25, -0.2) is 0 Å². The van der Waals surface area contributed by atoms with Crippen molar-refractivity contribution >= 4 is 44.9 Å². The van der Waals surface area contributed by atoms with Crippen LogP contribution in [0.3, 0.4) is 0 Å². The summed E-state index contributed by atoms with van der Waals surface area (Å²) in [6.07, 6.45) is 5.87. The van der Waals surface area contributed by atoms with Crippen LogP contribution in [0.15, 0.2) is 40.4 Å². The molecule has 0 spiro atoms. The fraction of sp³-hybridized carbons (Fsp3) is 0.240. The van der Waals surface area contributed by atoms with Crippen molar-refractivity contribution in [1.82, 2.24) is 4.57 Å². The third-order valence-electron chi connectivity index (χ3n) is 5.69. The summed E-state index contributed by atoms with van der Waals surface area (Å²) in [5, 5.41) is 23.2. The molecule has 1 aliphatic rings. The Morgan fingerprint density at radius 3 is 2.72 bits per heavy atom. The molecule has 1 aromatic carbocycles. The van der Waals surface area contributed by atoms with Crippen LogP contribution in [0, 0.1) is 36.5 Å². The van der Waals surface area contributed by atoms with E-state index in [-0.39, 0.29) is 5.57 Å². The van der Waals surface area contributed by atoms with Crippen molar-refractivity contribution < 1.29 is 4.79 Å². The Balaban J connectivity index is 1.71. The van der Waals surface area contributed by atoms with Crippen LogP contribution < -0.4 is 5.32 Å². The largest absolute Gasteiger partial charge is 0.321 e. The Morgan fingerprint density at radius 2 is 2.00 bits per heavy atom. The van der Waals surface area contributed by atoms with Crippen LogP contribution in [-0.2, 0) is 17.6 Å². The first-order chi connectivity index (χ1) is 15.4. The molecule has 0 radical (unpaired) electrons. The van der Waals surface area contributed by atoms with Crippen LogP contribution in [-0.4, -0.2) is 10.5 Å². The van der Waals surface area contributed by atoms with Crippen LogP contribution >= 0.6 is 27.3 Å². The van der Waals surface area contributed by atoms with Gasteiger partial charge in [0.1, 0.15) is 22.7 Å². The highest BCUT2D eigenvalue weighted by atomic mass is 79.9. The van der Waals surface area contributed by atoms with Gasteiger partial charge in [-0.05, 0) is 81.0 Å². The lowest BCUT2D eigenvalue weighted by atomic mass is 9.96. The number of amides is 1. The summed E-state index contributed by atoms with van der Waals surface area (Å²) < 4.78 is 2.92. The van der Waals surface area contributed by atoms with Gasteiger partial charge in [-0.1, -0.05) is 22.0 Å². The van der Waals surface area contributed by atoms with Crippen molar-refractivity contribution in [3.63, 3.8) is 0 Å². The molecule has 4 rings (SSSR count). The number of aromatic nitrogens is 1. The van der Waals surface area contributed by atoms with E-state index in [0.29, 0.717) is 5.69 Å². The molecule has 0 saturated heterocycles. The van der Waals surface area contributed by atoms with Crippen molar-refractivity contribution in [2.24, 2.45) is 0 Å². The third kappa shape index (κ3) is 4.14. The Morgan fingerprint density at radius 1 is 1.22 bits per heavy atom. The van der Waals surface area contributed by atoms with E-state index in [1.165, 1.54) is 10.4 Å². The Kier molecular flexibility index (Phi) is 6.32. The molecule has 0 atom stereocenters. The van der Waals surface area contributed by atoms with E-state index in [2.05, 4.69) is 31.9 Å². The maximum atomic E-state index is 12.7. The first-order valence-corrected chi connectivity index (χ1v) is 12.0. The molecule has 0 saturated carbocycles. The van der Waals surface area contributed by atoms with Crippen molar-refractivity contribution in [2.75, 3.05) is 5.32 Å². The number of hydrogen-bond acceptors (Lipinski definition) is 4. The van der Waals surface area contributed by atoms with Crippen molar-refractivity contribution in [3.8, 4) is 17.1 Å². The topological polar surface area (TPSA) is 81.6 Å². The number of rotatable bonds is 4. The van der Waals surface area contributed by atoms with Gasteiger partial charge < -0.3 is 9.88 Å². The fourth-order valence-corrected chi connectivity index (χ4v) is 5.99. The average Bonchev–Trinajstić information content (AvgIpc) is 3.27. The molecule has 2 aromatic heterocycles. The summed E-state index contributed by atoms with van der Waals surface area (Å²) in [4.78, 5) is 14.0. The summed E-state index contributed by atoms with van der Waals surface area (Å²) in [6.45, 7) is 3.94. The molecule has 32 heavy (non-hydrogen) atoms. The predicted molar refractivity (Wildman–Crippen MR) is 131 cm³/mol. The summed E-state index contributed by atoms with van der Waals surface area (Å²) in [7, 11) is 0. The number of nitrogens with zero attached hydrogens (tertiary/aromatic N) is 3. The molecule has 160 valence electrons. The van der Waals surface area contributed by atoms with E-state index in [0.717, 1.165) is 57.7 Å². The zero-order valence-electron chi connectivity index (χ0n) is 17.8. The zero-order chi connectivity index (χ0) is 22.8. The highest BCUT2D eigenvalue weighted by molar-refractivity contribution is 9.10. The van der Waals surface area contributed by atoms with Crippen molar-refractivity contribution in [2.45, 2.75) is 39.5 Å². The van der Waals surface area contributed by atoms with Gasteiger partial charge in [0.25, 0.3) is 5.91 Å². The van der Waals surface area contributed by atoms with Gasteiger partial charge in [-0.15, -0.1) is 11.3 Å². The zero-order valence-corrected chi connectivity index (χ0v) is 20.2. The molecular formula is C25H21BrN4OS. The second-order valence-electron chi connectivity index (χ2n) is 7.80. The van der Waals surface area contributed by atoms with Gasteiger partial charge in [0.05, 0.1) is 5.56 Å². The summed E-state index contributed by atoms with van der Waals surface area (Å²) in [5.74, 6) is -0.459. The number of fused-ring (bicyclic) bond motifs is 1. The second kappa shape index (κ2) is 9.16. The van der Waals surface area contributed by atoms with Crippen LogP contribution in [0.4, 0.5) is 5.69 Å². The van der Waals surface area contributed by atoms with E-state index in [1.54, 1.807) is 29.5 Å². The number of nitrogens with one attached hydrogen (secondary N) is 1. The lowest BCUT2D eigenvalue weighted by Crippen LogP contribution is -2.13. The van der Waals surface area contributed by atoms with Gasteiger partial charge in [0.15, 0.2) is 0 Å².